The van der Waals surface area contributed by atoms with Gasteiger partial charge >= 0.3 is 6.18 Å². The van der Waals surface area contributed by atoms with Gasteiger partial charge in [-0.25, -0.2) is 0 Å². The zero-order chi connectivity index (χ0) is 14.0. The Bertz CT molecular complexity index is 479. The topological polar surface area (TPSA) is 49.3 Å². The van der Waals surface area contributed by atoms with E-state index in [1.807, 2.05) is 0 Å². The van der Waals surface area contributed by atoms with Crippen LogP contribution in [0.2, 0.25) is 0 Å². The third kappa shape index (κ3) is 3.07. The Morgan fingerprint density at radius 3 is 2.47 bits per heavy atom. The van der Waals surface area contributed by atoms with Crippen LogP contribution in [-0.4, -0.2) is 24.0 Å². The molecule has 0 aromatic heterocycles. The number of phenolic OH excluding ortho intramolecular Hbond substituents is 1. The summed E-state index contributed by atoms with van der Waals surface area (Å²) in [5, 5.41) is 12.7. The molecule has 0 saturated carbocycles. The number of carbonyl (C=O) groups excluding carboxylic acids is 1. The van der Waals surface area contributed by atoms with Gasteiger partial charge in [-0.1, -0.05) is 0 Å². The molecular formula is C13H14F3NO2. The minimum atomic E-state index is -4.52. The van der Waals surface area contributed by atoms with Crippen LogP contribution < -0.4 is 5.32 Å². The van der Waals surface area contributed by atoms with Crippen LogP contribution in [0.5, 0.6) is 5.75 Å². The van der Waals surface area contributed by atoms with Gasteiger partial charge in [0.2, 0.25) is 0 Å². The van der Waals surface area contributed by atoms with Gasteiger partial charge in [-0.05, 0) is 44.1 Å². The van der Waals surface area contributed by atoms with E-state index in [9.17, 15) is 23.1 Å². The second-order valence-corrected chi connectivity index (χ2v) is 4.62. The maximum atomic E-state index is 12.6. The lowest BCUT2D eigenvalue weighted by molar-refractivity contribution is -0.137. The molecule has 6 heteroatoms. The monoisotopic (exact) mass is 273 g/mol. The number of halogens is 3. The van der Waals surface area contributed by atoms with Crippen LogP contribution in [0.1, 0.15) is 28.8 Å². The highest BCUT2D eigenvalue weighted by molar-refractivity contribution is 6.00. The van der Waals surface area contributed by atoms with Crippen LogP contribution in [0.25, 0.3) is 0 Å². The Hall–Kier alpha value is -1.56. The van der Waals surface area contributed by atoms with Gasteiger partial charge in [-0.3, -0.25) is 4.79 Å². The van der Waals surface area contributed by atoms with Crippen LogP contribution >= 0.6 is 0 Å². The van der Waals surface area contributed by atoms with Crippen LogP contribution in [0.4, 0.5) is 13.2 Å². The zero-order valence-corrected chi connectivity index (χ0v) is 10.1. The molecule has 19 heavy (non-hydrogen) atoms. The molecule has 104 valence electrons. The van der Waals surface area contributed by atoms with E-state index in [-0.39, 0.29) is 11.5 Å². The number of benzene rings is 1. The highest BCUT2D eigenvalue weighted by atomic mass is 19.4. The van der Waals surface area contributed by atoms with Crippen molar-refractivity contribution >= 4 is 5.78 Å². The van der Waals surface area contributed by atoms with Crippen molar-refractivity contribution < 1.29 is 23.1 Å². The van der Waals surface area contributed by atoms with Crippen LogP contribution in [0, 0.1) is 5.92 Å². The molecule has 1 aliphatic heterocycles. The number of Topliss-reactive ketones (excluding diaryl/α,β-unsaturated/α-hetero) is 1. The highest BCUT2D eigenvalue weighted by Crippen LogP contribution is 2.33. The maximum Gasteiger partial charge on any atom is 0.416 e. The van der Waals surface area contributed by atoms with Crippen LogP contribution in [0.15, 0.2) is 18.2 Å². The predicted molar refractivity (Wildman–Crippen MR) is 63.0 cm³/mol. The molecule has 0 aliphatic carbocycles. The summed E-state index contributed by atoms with van der Waals surface area (Å²) in [6, 6.07) is 2.44. The molecule has 1 heterocycles. The first-order valence-electron chi connectivity index (χ1n) is 6.04. The van der Waals surface area contributed by atoms with Crippen molar-refractivity contribution in [2.45, 2.75) is 19.0 Å². The Morgan fingerprint density at radius 1 is 1.26 bits per heavy atom. The van der Waals surface area contributed by atoms with E-state index < -0.39 is 23.3 Å². The molecule has 0 amide bonds. The minimum absolute atomic E-state index is 0.235. The molecular weight excluding hydrogens is 259 g/mol. The summed E-state index contributed by atoms with van der Waals surface area (Å²) >= 11 is 0. The SMILES string of the molecule is O=C(c1cc(C(F)(F)F)ccc1O)C1CCNCC1. The molecule has 1 aromatic rings. The summed E-state index contributed by atoms with van der Waals surface area (Å²) in [5.41, 5.74) is -1.15. The lowest BCUT2D eigenvalue weighted by Gasteiger charge is -2.22. The fourth-order valence-corrected chi connectivity index (χ4v) is 2.21. The van der Waals surface area contributed by atoms with Crippen molar-refractivity contribution in [1.82, 2.24) is 5.32 Å². The number of rotatable bonds is 2. The first-order valence-corrected chi connectivity index (χ1v) is 6.04. The number of hydrogen-bond acceptors (Lipinski definition) is 3. The number of phenols is 1. The smallest absolute Gasteiger partial charge is 0.416 e. The average molecular weight is 273 g/mol. The van der Waals surface area contributed by atoms with E-state index >= 15 is 0 Å². The van der Waals surface area contributed by atoms with Crippen molar-refractivity contribution in [1.29, 1.82) is 0 Å². The molecule has 0 atom stereocenters. The summed E-state index contributed by atoms with van der Waals surface area (Å²) in [6.07, 6.45) is -3.36. The summed E-state index contributed by atoms with van der Waals surface area (Å²) in [4.78, 5) is 12.1. The van der Waals surface area contributed by atoms with Crippen molar-refractivity contribution in [2.24, 2.45) is 5.92 Å². The molecule has 0 radical (unpaired) electrons. The van der Waals surface area contributed by atoms with E-state index in [0.717, 1.165) is 18.2 Å². The summed E-state index contributed by atoms with van der Waals surface area (Å²) in [6.45, 7) is 1.33. The summed E-state index contributed by atoms with van der Waals surface area (Å²) < 4.78 is 37.8. The van der Waals surface area contributed by atoms with Crippen LogP contribution in [-0.2, 0) is 6.18 Å². The Labute approximate surface area is 108 Å². The zero-order valence-electron chi connectivity index (χ0n) is 10.1. The second-order valence-electron chi connectivity index (χ2n) is 4.62. The number of hydrogen-bond donors (Lipinski definition) is 2. The van der Waals surface area contributed by atoms with Crippen molar-refractivity contribution in [3.63, 3.8) is 0 Å². The molecule has 0 unspecified atom stereocenters. The van der Waals surface area contributed by atoms with Gasteiger partial charge in [0.05, 0.1) is 11.1 Å². The van der Waals surface area contributed by atoms with Gasteiger partial charge in [0.15, 0.2) is 5.78 Å². The van der Waals surface area contributed by atoms with Gasteiger partial charge in [-0.2, -0.15) is 13.2 Å². The molecule has 1 aliphatic rings. The third-order valence-electron chi connectivity index (χ3n) is 3.30. The van der Waals surface area contributed by atoms with Crippen LogP contribution in [0.3, 0.4) is 0 Å². The molecule has 1 saturated heterocycles. The number of piperidine rings is 1. The first kappa shape index (κ1) is 13.9. The number of nitrogens with one attached hydrogen (secondary N) is 1. The van der Waals surface area contributed by atoms with Crippen molar-refractivity contribution in [3.05, 3.63) is 29.3 Å². The van der Waals surface area contributed by atoms with Gasteiger partial charge in [-0.15, -0.1) is 0 Å². The lowest BCUT2D eigenvalue weighted by atomic mass is 9.88. The number of carbonyl (C=O) groups is 1. The fourth-order valence-electron chi connectivity index (χ4n) is 2.21. The molecule has 3 nitrogen and oxygen atoms in total. The Balaban J connectivity index is 2.30. The number of ketones is 1. The average Bonchev–Trinajstić information content (AvgIpc) is 2.38. The largest absolute Gasteiger partial charge is 0.507 e. The molecule has 0 spiro atoms. The fraction of sp³-hybridized carbons (Fsp3) is 0.462. The molecule has 1 fully saturated rings. The minimum Gasteiger partial charge on any atom is -0.507 e. The quantitative estimate of drug-likeness (QED) is 0.814. The van der Waals surface area contributed by atoms with Gasteiger partial charge < -0.3 is 10.4 Å². The lowest BCUT2D eigenvalue weighted by Crippen LogP contribution is -2.32. The van der Waals surface area contributed by atoms with Gasteiger partial charge in [0.1, 0.15) is 5.75 Å². The van der Waals surface area contributed by atoms with E-state index in [1.54, 1.807) is 0 Å². The predicted octanol–water partition coefficient (Wildman–Crippen LogP) is 2.59. The van der Waals surface area contributed by atoms with Crippen molar-refractivity contribution in [2.75, 3.05) is 13.1 Å². The van der Waals surface area contributed by atoms with E-state index in [2.05, 4.69) is 5.32 Å². The van der Waals surface area contributed by atoms with E-state index in [4.69, 9.17) is 0 Å². The highest BCUT2D eigenvalue weighted by Gasteiger charge is 2.33. The number of alkyl halides is 3. The maximum absolute atomic E-state index is 12.6. The first-order chi connectivity index (χ1) is 8.89. The van der Waals surface area contributed by atoms with Gasteiger partial charge in [0.25, 0.3) is 0 Å². The molecule has 0 bridgehead atoms. The van der Waals surface area contributed by atoms with E-state index in [1.165, 1.54) is 0 Å². The molecule has 2 rings (SSSR count). The molecule has 2 N–H and O–H groups in total. The number of aromatic hydroxyl groups is 1. The third-order valence-corrected chi connectivity index (χ3v) is 3.30. The summed E-state index contributed by atoms with van der Waals surface area (Å²) in [7, 11) is 0. The summed E-state index contributed by atoms with van der Waals surface area (Å²) in [5.74, 6) is -1.13. The normalized spacial score (nSPS) is 17.4. The standard InChI is InChI=1S/C13H14F3NO2/c14-13(15,16)9-1-2-11(18)10(7-9)12(19)8-3-5-17-6-4-8/h1-2,7-8,17-18H,3-6H2. The van der Waals surface area contributed by atoms with E-state index in [0.29, 0.717) is 25.9 Å². The van der Waals surface area contributed by atoms with Gasteiger partial charge in [0, 0.05) is 5.92 Å². The molecule has 1 aromatic carbocycles. The Kier molecular flexibility index (Phi) is 3.80. The second kappa shape index (κ2) is 5.21. The Morgan fingerprint density at radius 2 is 1.89 bits per heavy atom. The van der Waals surface area contributed by atoms with Crippen molar-refractivity contribution in [3.8, 4) is 5.75 Å².